The summed E-state index contributed by atoms with van der Waals surface area (Å²) in [5.41, 5.74) is 4.14. The van der Waals surface area contributed by atoms with Gasteiger partial charge in [0, 0.05) is 5.57 Å². The predicted molar refractivity (Wildman–Crippen MR) is 47.0 cm³/mol. The van der Waals surface area contributed by atoms with E-state index in [0.29, 0.717) is 0 Å². The molecule has 0 aliphatic heterocycles. The van der Waals surface area contributed by atoms with Crippen molar-refractivity contribution in [2.75, 3.05) is 0 Å². The van der Waals surface area contributed by atoms with Gasteiger partial charge in [-0.2, -0.15) is 0 Å². The van der Waals surface area contributed by atoms with Gasteiger partial charge in [0.25, 0.3) is 0 Å². The van der Waals surface area contributed by atoms with Crippen LogP contribution in [-0.4, -0.2) is 0 Å². The van der Waals surface area contributed by atoms with Gasteiger partial charge in [-0.1, -0.05) is 24.0 Å². The Balaban J connectivity index is 2.31. The highest BCUT2D eigenvalue weighted by atomic mass is 14.2. The van der Waals surface area contributed by atoms with E-state index in [1.165, 1.54) is 31.3 Å². The van der Waals surface area contributed by atoms with Crippen LogP contribution in [0.25, 0.3) is 0 Å². The van der Waals surface area contributed by atoms with Gasteiger partial charge >= 0.3 is 0 Å². The lowest BCUT2D eigenvalue weighted by molar-refractivity contribution is 0.848. The smallest absolute Gasteiger partial charge is 0.00162 e. The van der Waals surface area contributed by atoms with E-state index in [-0.39, 0.29) is 0 Å². The van der Waals surface area contributed by atoms with Gasteiger partial charge in [-0.05, 0) is 37.7 Å². The molecule has 0 N–H and O–H groups in total. The second kappa shape index (κ2) is 2.58. The second-order valence-corrected chi connectivity index (χ2v) is 3.29. The fourth-order valence-electron chi connectivity index (χ4n) is 1.76. The fraction of sp³-hybridized carbons (Fsp3) is 0.455. The third-order valence-corrected chi connectivity index (χ3v) is 2.45. The predicted octanol–water partition coefficient (Wildman–Crippen LogP) is 2.82. The van der Waals surface area contributed by atoms with E-state index in [4.69, 9.17) is 0 Å². The summed E-state index contributed by atoms with van der Waals surface area (Å²) >= 11 is 0. The molecule has 2 aliphatic rings. The lowest BCUT2D eigenvalue weighted by Crippen LogP contribution is -1.80. The van der Waals surface area contributed by atoms with Crippen LogP contribution in [0.4, 0.5) is 0 Å². The van der Waals surface area contributed by atoms with Crippen molar-refractivity contribution in [2.45, 2.75) is 32.1 Å². The Hall–Kier alpha value is -0.960. The molecule has 2 rings (SSSR count). The molecule has 0 unspecified atom stereocenters. The molecular formula is C11H12. The molecule has 0 aromatic rings. The second-order valence-electron chi connectivity index (χ2n) is 3.29. The van der Waals surface area contributed by atoms with Crippen LogP contribution < -0.4 is 0 Å². The van der Waals surface area contributed by atoms with Gasteiger partial charge in [0.05, 0.1) is 0 Å². The molecule has 11 heavy (non-hydrogen) atoms. The summed E-state index contributed by atoms with van der Waals surface area (Å²) in [5, 5.41) is 0. The quantitative estimate of drug-likeness (QED) is 0.458. The average Bonchev–Trinajstić information content (AvgIpc) is 2.38. The highest BCUT2D eigenvalue weighted by Gasteiger charge is 2.14. The maximum atomic E-state index is 3.90. The molecule has 0 heteroatoms. The Morgan fingerprint density at radius 1 is 1.00 bits per heavy atom. The van der Waals surface area contributed by atoms with Gasteiger partial charge in [-0.3, -0.25) is 0 Å². The fourth-order valence-corrected chi connectivity index (χ4v) is 1.76. The Morgan fingerprint density at radius 3 is 2.82 bits per heavy atom. The molecule has 0 radical (unpaired) electrons. The molecule has 0 amide bonds. The number of allylic oxidation sites excluding steroid dienone is 3. The third-order valence-electron chi connectivity index (χ3n) is 2.45. The summed E-state index contributed by atoms with van der Waals surface area (Å²) in [6, 6.07) is 0. The van der Waals surface area contributed by atoms with Crippen molar-refractivity contribution in [3.8, 4) is 11.8 Å². The Kier molecular flexibility index (Phi) is 1.58. The van der Waals surface area contributed by atoms with Crippen molar-refractivity contribution in [1.29, 1.82) is 0 Å². The summed E-state index contributed by atoms with van der Waals surface area (Å²) in [6.45, 7) is 3.90. The van der Waals surface area contributed by atoms with E-state index in [1.54, 1.807) is 5.57 Å². The lowest BCUT2D eigenvalue weighted by Gasteiger charge is -1.98. The van der Waals surface area contributed by atoms with E-state index >= 15 is 0 Å². The molecule has 0 fully saturated rings. The molecule has 0 saturated carbocycles. The molecule has 0 aromatic carbocycles. The molecule has 0 aromatic heterocycles. The largest absolute Gasteiger partial charge is 0.0874 e. The molecular weight excluding hydrogens is 132 g/mol. The molecule has 0 bridgehead atoms. The standard InChI is InChI=1S/C11H12/c1-9-5-7-10-3-2-4-11(10)8-6-9/h1-5,7H2. The molecule has 0 atom stereocenters. The van der Waals surface area contributed by atoms with Crippen LogP contribution in [0.3, 0.4) is 0 Å². The van der Waals surface area contributed by atoms with E-state index in [2.05, 4.69) is 18.4 Å². The normalized spacial score (nSPS) is 22.4. The first-order valence-corrected chi connectivity index (χ1v) is 4.27. The van der Waals surface area contributed by atoms with Gasteiger partial charge in [0.2, 0.25) is 0 Å². The minimum Gasteiger partial charge on any atom is -0.0874 e. The number of hydrogen-bond acceptors (Lipinski definition) is 0. The molecule has 0 heterocycles. The van der Waals surface area contributed by atoms with Crippen molar-refractivity contribution >= 4 is 0 Å². The van der Waals surface area contributed by atoms with Crippen LogP contribution in [-0.2, 0) is 0 Å². The SMILES string of the molecule is C=C1C#CC2=C(CCC2)CC1. The molecule has 2 aliphatic carbocycles. The minimum atomic E-state index is 1.09. The molecule has 0 nitrogen and oxygen atoms in total. The van der Waals surface area contributed by atoms with Crippen LogP contribution in [0.5, 0.6) is 0 Å². The maximum absolute atomic E-state index is 3.90. The van der Waals surface area contributed by atoms with Crippen molar-refractivity contribution in [1.82, 2.24) is 0 Å². The van der Waals surface area contributed by atoms with E-state index in [0.717, 1.165) is 12.0 Å². The zero-order valence-electron chi connectivity index (χ0n) is 6.74. The van der Waals surface area contributed by atoms with E-state index in [9.17, 15) is 0 Å². The minimum absolute atomic E-state index is 1.09. The first-order chi connectivity index (χ1) is 5.36. The average molecular weight is 144 g/mol. The van der Waals surface area contributed by atoms with Gasteiger partial charge in [-0.25, -0.2) is 0 Å². The topological polar surface area (TPSA) is 0 Å². The Morgan fingerprint density at radius 2 is 1.91 bits per heavy atom. The monoisotopic (exact) mass is 144 g/mol. The van der Waals surface area contributed by atoms with Crippen LogP contribution in [0.1, 0.15) is 32.1 Å². The number of hydrogen-bond donors (Lipinski definition) is 0. The van der Waals surface area contributed by atoms with Crippen LogP contribution >= 0.6 is 0 Å². The zero-order valence-corrected chi connectivity index (χ0v) is 6.74. The Labute approximate surface area is 68.0 Å². The molecule has 56 valence electrons. The first-order valence-electron chi connectivity index (χ1n) is 4.27. The maximum Gasteiger partial charge on any atom is 0.00162 e. The summed E-state index contributed by atoms with van der Waals surface area (Å²) < 4.78 is 0. The van der Waals surface area contributed by atoms with Gasteiger partial charge in [-0.15, -0.1) is 0 Å². The first kappa shape index (κ1) is 6.73. The Bertz CT molecular complexity index is 281. The van der Waals surface area contributed by atoms with E-state index < -0.39 is 0 Å². The highest BCUT2D eigenvalue weighted by Crippen LogP contribution is 2.31. The van der Waals surface area contributed by atoms with Crippen molar-refractivity contribution in [3.05, 3.63) is 23.3 Å². The summed E-state index contributed by atoms with van der Waals surface area (Å²) in [5.74, 6) is 6.34. The number of rotatable bonds is 0. The highest BCUT2D eigenvalue weighted by molar-refractivity contribution is 5.44. The summed E-state index contributed by atoms with van der Waals surface area (Å²) in [4.78, 5) is 0. The van der Waals surface area contributed by atoms with Gasteiger partial charge in [0.15, 0.2) is 0 Å². The lowest BCUT2D eigenvalue weighted by atomic mass is 10.1. The summed E-state index contributed by atoms with van der Waals surface area (Å²) in [6.07, 6.45) is 6.12. The van der Waals surface area contributed by atoms with Crippen LogP contribution in [0.2, 0.25) is 0 Å². The summed E-state index contributed by atoms with van der Waals surface area (Å²) in [7, 11) is 0. The van der Waals surface area contributed by atoms with Crippen molar-refractivity contribution < 1.29 is 0 Å². The van der Waals surface area contributed by atoms with Crippen molar-refractivity contribution in [2.24, 2.45) is 0 Å². The van der Waals surface area contributed by atoms with Gasteiger partial charge in [0.1, 0.15) is 0 Å². The molecule has 0 spiro atoms. The zero-order chi connectivity index (χ0) is 7.68. The van der Waals surface area contributed by atoms with Gasteiger partial charge < -0.3 is 0 Å². The third kappa shape index (κ3) is 1.24. The van der Waals surface area contributed by atoms with Crippen molar-refractivity contribution in [3.63, 3.8) is 0 Å². The van der Waals surface area contributed by atoms with Crippen LogP contribution in [0.15, 0.2) is 23.3 Å². The molecule has 0 saturated heterocycles. The van der Waals surface area contributed by atoms with E-state index in [1.807, 2.05) is 0 Å². The van der Waals surface area contributed by atoms with Crippen LogP contribution in [0, 0.1) is 11.8 Å².